The second-order valence-corrected chi connectivity index (χ2v) is 7.10. The van der Waals surface area contributed by atoms with Gasteiger partial charge in [-0.3, -0.25) is 0 Å². The first-order valence-electron chi connectivity index (χ1n) is 5.64. The molecule has 1 aromatic rings. The molecule has 0 spiro atoms. The van der Waals surface area contributed by atoms with Crippen LogP contribution in [0, 0.1) is 5.82 Å². The Kier molecular flexibility index (Phi) is 4.14. The monoisotopic (exact) mass is 290 g/mol. The van der Waals surface area contributed by atoms with Gasteiger partial charge in [0, 0.05) is 6.04 Å². The van der Waals surface area contributed by atoms with Crippen LogP contribution in [-0.4, -0.2) is 26.0 Å². The number of anilines is 1. The lowest BCUT2D eigenvalue weighted by Crippen LogP contribution is -2.37. The maximum Gasteiger partial charge on any atom is 0.242 e. The Hall–Kier alpha value is -0.790. The van der Waals surface area contributed by atoms with Gasteiger partial charge in [-0.25, -0.2) is 17.5 Å². The van der Waals surface area contributed by atoms with Gasteiger partial charge in [-0.15, -0.1) is 0 Å². The fraction of sp³-hybridized carbons (Fsp3) is 0.455. The van der Waals surface area contributed by atoms with Crippen molar-refractivity contribution in [2.75, 3.05) is 17.2 Å². The van der Waals surface area contributed by atoms with Crippen molar-refractivity contribution in [2.24, 2.45) is 0 Å². The minimum absolute atomic E-state index is 0.0536. The van der Waals surface area contributed by atoms with Crippen molar-refractivity contribution in [3.63, 3.8) is 0 Å². The van der Waals surface area contributed by atoms with Gasteiger partial charge < -0.3 is 5.73 Å². The summed E-state index contributed by atoms with van der Waals surface area (Å²) in [6.45, 7) is 0. The second-order valence-electron chi connectivity index (χ2n) is 4.19. The molecule has 0 atom stereocenters. The van der Waals surface area contributed by atoms with E-state index in [2.05, 4.69) is 4.72 Å². The number of sulfonamides is 1. The molecule has 2 rings (SSSR count). The number of nitrogens with two attached hydrogens (primary N) is 1. The summed E-state index contributed by atoms with van der Waals surface area (Å²) >= 11 is 1.82. The Labute approximate surface area is 110 Å². The smallest absolute Gasteiger partial charge is 0.242 e. The van der Waals surface area contributed by atoms with Crippen LogP contribution in [-0.2, 0) is 10.0 Å². The van der Waals surface area contributed by atoms with E-state index in [1.165, 1.54) is 6.07 Å². The Morgan fingerprint density at radius 1 is 1.33 bits per heavy atom. The predicted molar refractivity (Wildman–Crippen MR) is 71.5 cm³/mol. The van der Waals surface area contributed by atoms with Crippen molar-refractivity contribution in [1.29, 1.82) is 0 Å². The normalized spacial score (nSPS) is 17.8. The van der Waals surface area contributed by atoms with E-state index < -0.39 is 15.8 Å². The lowest BCUT2D eigenvalue weighted by Gasteiger charge is -2.22. The number of nitrogen functional groups attached to an aromatic ring is 1. The van der Waals surface area contributed by atoms with E-state index in [9.17, 15) is 12.8 Å². The largest absolute Gasteiger partial charge is 0.398 e. The van der Waals surface area contributed by atoms with Crippen LogP contribution in [0.4, 0.5) is 10.1 Å². The zero-order valence-electron chi connectivity index (χ0n) is 9.73. The van der Waals surface area contributed by atoms with Gasteiger partial charge >= 0.3 is 0 Å². The molecule has 0 radical (unpaired) electrons. The third kappa shape index (κ3) is 3.15. The molecule has 1 saturated heterocycles. The van der Waals surface area contributed by atoms with E-state index in [0.29, 0.717) is 0 Å². The number of thioether (sulfide) groups is 1. The van der Waals surface area contributed by atoms with Gasteiger partial charge in [-0.1, -0.05) is 0 Å². The molecular weight excluding hydrogens is 275 g/mol. The van der Waals surface area contributed by atoms with E-state index in [0.717, 1.165) is 36.5 Å². The summed E-state index contributed by atoms with van der Waals surface area (Å²) in [6.07, 6.45) is 1.62. The molecule has 0 aliphatic carbocycles. The minimum Gasteiger partial charge on any atom is -0.398 e. The summed E-state index contributed by atoms with van der Waals surface area (Å²) in [5.74, 6) is 1.36. The topological polar surface area (TPSA) is 72.2 Å². The summed E-state index contributed by atoms with van der Waals surface area (Å²) in [4.78, 5) is -0.0536. The Morgan fingerprint density at radius 3 is 2.61 bits per heavy atom. The summed E-state index contributed by atoms with van der Waals surface area (Å²) in [5, 5.41) is 0. The second kappa shape index (κ2) is 5.46. The predicted octanol–water partition coefficient (Wildman–Crippen LogP) is 1.58. The molecule has 0 amide bonds. The number of rotatable bonds is 3. The number of hydrogen-bond acceptors (Lipinski definition) is 4. The molecule has 1 aliphatic rings. The summed E-state index contributed by atoms with van der Waals surface area (Å²) in [7, 11) is -3.66. The quantitative estimate of drug-likeness (QED) is 0.829. The van der Waals surface area contributed by atoms with E-state index in [4.69, 9.17) is 5.73 Å². The van der Waals surface area contributed by atoms with Gasteiger partial charge in [0.05, 0.1) is 5.69 Å². The highest BCUT2D eigenvalue weighted by atomic mass is 32.2. The van der Waals surface area contributed by atoms with E-state index in [1.807, 2.05) is 11.8 Å². The zero-order chi connectivity index (χ0) is 13.2. The third-order valence-electron chi connectivity index (χ3n) is 2.80. The summed E-state index contributed by atoms with van der Waals surface area (Å²) in [5.41, 5.74) is 5.49. The maximum atomic E-state index is 12.9. The van der Waals surface area contributed by atoms with Crippen LogP contribution in [0.15, 0.2) is 23.1 Å². The Balaban J connectivity index is 2.19. The molecule has 0 unspecified atom stereocenters. The number of nitrogens with one attached hydrogen (secondary N) is 1. The highest BCUT2D eigenvalue weighted by Crippen LogP contribution is 2.22. The van der Waals surface area contributed by atoms with Crippen LogP contribution >= 0.6 is 11.8 Å². The molecule has 1 heterocycles. The average molecular weight is 290 g/mol. The SMILES string of the molecule is Nc1cc(F)ccc1S(=O)(=O)NC1CCSCC1. The Morgan fingerprint density at radius 2 is 2.00 bits per heavy atom. The number of hydrogen-bond donors (Lipinski definition) is 2. The molecule has 1 fully saturated rings. The van der Waals surface area contributed by atoms with Gasteiger partial charge in [0.15, 0.2) is 0 Å². The summed E-state index contributed by atoms with van der Waals surface area (Å²) in [6, 6.07) is 3.26. The molecule has 0 bridgehead atoms. The first-order chi connectivity index (χ1) is 8.49. The van der Waals surface area contributed by atoms with E-state index in [1.54, 1.807) is 0 Å². The highest BCUT2D eigenvalue weighted by Gasteiger charge is 2.23. The number of benzene rings is 1. The molecule has 1 aromatic carbocycles. The van der Waals surface area contributed by atoms with E-state index in [-0.39, 0.29) is 16.6 Å². The fourth-order valence-electron chi connectivity index (χ4n) is 1.86. The average Bonchev–Trinajstić information content (AvgIpc) is 2.29. The molecule has 0 saturated carbocycles. The van der Waals surface area contributed by atoms with Crippen LogP contribution in [0.5, 0.6) is 0 Å². The molecule has 100 valence electrons. The van der Waals surface area contributed by atoms with Gasteiger partial charge in [0.2, 0.25) is 10.0 Å². The first-order valence-corrected chi connectivity index (χ1v) is 8.28. The van der Waals surface area contributed by atoms with Gasteiger partial charge in [0.25, 0.3) is 0 Å². The van der Waals surface area contributed by atoms with Crippen molar-refractivity contribution in [3.05, 3.63) is 24.0 Å². The minimum atomic E-state index is -3.66. The van der Waals surface area contributed by atoms with Crippen LogP contribution < -0.4 is 10.5 Å². The standard InChI is InChI=1S/C11H15FN2O2S2/c12-8-1-2-11(10(13)7-8)18(15,16)14-9-3-5-17-6-4-9/h1-2,7,9,14H,3-6,13H2. The van der Waals surface area contributed by atoms with Crippen molar-refractivity contribution in [1.82, 2.24) is 4.72 Å². The van der Waals surface area contributed by atoms with Gasteiger partial charge in [-0.05, 0) is 42.5 Å². The molecule has 3 N–H and O–H groups in total. The molecule has 0 aromatic heterocycles. The van der Waals surface area contributed by atoms with Crippen LogP contribution in [0.2, 0.25) is 0 Å². The zero-order valence-corrected chi connectivity index (χ0v) is 11.4. The maximum absolute atomic E-state index is 12.9. The molecule has 7 heteroatoms. The van der Waals surface area contributed by atoms with Crippen molar-refractivity contribution < 1.29 is 12.8 Å². The van der Waals surface area contributed by atoms with Crippen molar-refractivity contribution in [2.45, 2.75) is 23.8 Å². The van der Waals surface area contributed by atoms with Crippen molar-refractivity contribution >= 4 is 27.5 Å². The van der Waals surface area contributed by atoms with E-state index >= 15 is 0 Å². The summed E-state index contributed by atoms with van der Waals surface area (Å²) < 4.78 is 39.7. The Bertz CT molecular complexity index is 528. The number of halogens is 1. The lowest BCUT2D eigenvalue weighted by molar-refractivity contribution is 0.529. The highest BCUT2D eigenvalue weighted by molar-refractivity contribution is 7.99. The van der Waals surface area contributed by atoms with Crippen LogP contribution in [0.3, 0.4) is 0 Å². The molecule has 4 nitrogen and oxygen atoms in total. The third-order valence-corrected chi connectivity index (χ3v) is 5.45. The molecular formula is C11H15FN2O2S2. The lowest BCUT2D eigenvalue weighted by atomic mass is 10.2. The van der Waals surface area contributed by atoms with Crippen LogP contribution in [0.25, 0.3) is 0 Å². The van der Waals surface area contributed by atoms with Gasteiger partial charge in [-0.2, -0.15) is 11.8 Å². The van der Waals surface area contributed by atoms with Crippen LogP contribution in [0.1, 0.15) is 12.8 Å². The molecule has 1 aliphatic heterocycles. The van der Waals surface area contributed by atoms with Gasteiger partial charge in [0.1, 0.15) is 10.7 Å². The van der Waals surface area contributed by atoms with Crippen molar-refractivity contribution in [3.8, 4) is 0 Å². The fourth-order valence-corrected chi connectivity index (χ4v) is 4.39. The molecule has 18 heavy (non-hydrogen) atoms. The first kappa shape index (κ1) is 13.6.